The van der Waals surface area contributed by atoms with Crippen LogP contribution in [-0.4, -0.2) is 37.9 Å². The van der Waals surface area contributed by atoms with E-state index in [1.165, 1.54) is 205 Å². The summed E-state index contributed by atoms with van der Waals surface area (Å²) in [5, 5.41) is 0. The molecule has 0 rings (SSSR count). The largest absolute Gasteiger partial charge is 0.463 e. The molecule has 5 heteroatoms. The van der Waals surface area contributed by atoms with Crippen LogP contribution in [0.1, 0.15) is 284 Å². The van der Waals surface area contributed by atoms with Crippen molar-refractivity contribution in [1.82, 2.24) is 0 Å². The summed E-state index contributed by atoms with van der Waals surface area (Å²) in [6, 6.07) is 0. The fraction of sp³-hybridized carbons (Fsp3) is 0.923. The smallest absolute Gasteiger partial charge is 0.305 e. The van der Waals surface area contributed by atoms with Gasteiger partial charge in [-0.05, 0) is 44.9 Å². The van der Waals surface area contributed by atoms with Crippen molar-refractivity contribution in [3.63, 3.8) is 0 Å². The summed E-state index contributed by atoms with van der Waals surface area (Å²) in [6.07, 6.45) is 55.2. The van der Waals surface area contributed by atoms with Crippen molar-refractivity contribution in [3.05, 3.63) is 12.2 Å². The Balaban J connectivity index is 4.20. The number of carbonyl (C=O) groups excluding carboxylic acids is 2. The monoisotopic (exact) mass is 805 g/mol. The summed E-state index contributed by atoms with van der Waals surface area (Å²) in [7, 11) is 0. The van der Waals surface area contributed by atoms with Gasteiger partial charge in [-0.1, -0.05) is 238 Å². The molecule has 0 fully saturated rings. The van der Waals surface area contributed by atoms with E-state index in [0.717, 1.165) is 44.9 Å². The second kappa shape index (κ2) is 49.0. The maximum atomic E-state index is 12.6. The van der Waals surface area contributed by atoms with E-state index < -0.39 is 6.10 Å². The van der Waals surface area contributed by atoms with E-state index in [0.29, 0.717) is 19.4 Å². The van der Waals surface area contributed by atoms with E-state index in [4.69, 9.17) is 14.2 Å². The van der Waals surface area contributed by atoms with E-state index in [1.807, 2.05) is 0 Å². The third-order valence-electron chi connectivity index (χ3n) is 11.6. The van der Waals surface area contributed by atoms with Gasteiger partial charge in [-0.3, -0.25) is 9.59 Å². The van der Waals surface area contributed by atoms with Gasteiger partial charge in [-0.2, -0.15) is 0 Å². The Morgan fingerprint density at radius 2 is 0.614 bits per heavy atom. The summed E-state index contributed by atoms with van der Waals surface area (Å²) in [6.45, 7) is 7.76. The minimum absolute atomic E-state index is 0.160. The predicted molar refractivity (Wildman–Crippen MR) is 247 cm³/mol. The highest BCUT2D eigenvalue weighted by Crippen LogP contribution is 2.16. The first-order valence-electron chi connectivity index (χ1n) is 25.7. The molecule has 0 N–H and O–H groups in total. The van der Waals surface area contributed by atoms with Crippen LogP contribution in [0.2, 0.25) is 0 Å². The first kappa shape index (κ1) is 55.6. The highest BCUT2D eigenvalue weighted by atomic mass is 16.6. The summed E-state index contributed by atoms with van der Waals surface area (Å²) < 4.78 is 17.4. The molecule has 0 heterocycles. The Hall–Kier alpha value is -1.36. The van der Waals surface area contributed by atoms with Crippen LogP contribution in [0.5, 0.6) is 0 Å². The molecule has 0 spiro atoms. The maximum absolute atomic E-state index is 12.6. The number of allylic oxidation sites excluding steroid dienone is 2. The minimum atomic E-state index is -0.393. The van der Waals surface area contributed by atoms with Gasteiger partial charge in [0.05, 0.1) is 0 Å². The molecular weight excluding hydrogens is 705 g/mol. The third kappa shape index (κ3) is 47.2. The topological polar surface area (TPSA) is 61.8 Å². The minimum Gasteiger partial charge on any atom is -0.463 e. The second-order valence-corrected chi connectivity index (χ2v) is 17.4. The number of hydrogen-bond acceptors (Lipinski definition) is 5. The first-order chi connectivity index (χ1) is 28.1. The van der Waals surface area contributed by atoms with Crippen LogP contribution in [-0.2, 0) is 23.8 Å². The van der Waals surface area contributed by atoms with Crippen molar-refractivity contribution in [2.45, 2.75) is 290 Å². The van der Waals surface area contributed by atoms with Crippen molar-refractivity contribution in [1.29, 1.82) is 0 Å². The quantitative estimate of drug-likeness (QED) is 0.0348. The summed E-state index contributed by atoms with van der Waals surface area (Å²) in [5.74, 6) is -0.327. The standard InChI is InChI=1S/C52H100O5/c1-4-7-10-13-16-19-22-25-26-27-29-32-35-38-41-44-47-55-50(48-56-51(53)45-42-39-36-33-30-24-21-18-15-12-9-6-3)49-57-52(54)46-43-40-37-34-31-28-23-20-17-14-11-8-5-2/h20,23,50H,4-19,21-22,24-49H2,1-3H3/b23-20-/t50-/m0/s1. The van der Waals surface area contributed by atoms with Crippen molar-refractivity contribution in [3.8, 4) is 0 Å². The molecule has 0 aromatic rings. The van der Waals surface area contributed by atoms with Gasteiger partial charge in [0.25, 0.3) is 0 Å². The Labute approximate surface area is 356 Å². The number of unbranched alkanes of at least 4 members (excludes halogenated alkanes) is 35. The number of hydrogen-bond donors (Lipinski definition) is 0. The van der Waals surface area contributed by atoms with Gasteiger partial charge in [0.1, 0.15) is 19.3 Å². The van der Waals surface area contributed by atoms with E-state index >= 15 is 0 Å². The van der Waals surface area contributed by atoms with E-state index in [9.17, 15) is 9.59 Å². The van der Waals surface area contributed by atoms with Crippen LogP contribution in [0, 0.1) is 0 Å². The van der Waals surface area contributed by atoms with Crippen LogP contribution in [0.25, 0.3) is 0 Å². The molecule has 0 aliphatic rings. The molecule has 0 amide bonds. The molecule has 0 aromatic carbocycles. The number of ether oxygens (including phenoxy) is 3. The summed E-state index contributed by atoms with van der Waals surface area (Å²) in [5.41, 5.74) is 0. The molecule has 1 atom stereocenters. The Bertz CT molecular complexity index is 825. The molecule has 338 valence electrons. The lowest BCUT2D eigenvalue weighted by Gasteiger charge is -2.18. The zero-order chi connectivity index (χ0) is 41.4. The molecule has 0 bridgehead atoms. The maximum Gasteiger partial charge on any atom is 0.305 e. The lowest BCUT2D eigenvalue weighted by atomic mass is 10.0. The SMILES string of the molecule is CCCCCC/C=C\CCCCCCCC(=O)OC[C@H](COC(=O)CCCCCCCCCCCCCC)OCCCCCCCCCCCCCCCCCC. The second-order valence-electron chi connectivity index (χ2n) is 17.4. The van der Waals surface area contributed by atoms with Crippen LogP contribution in [0.4, 0.5) is 0 Å². The fourth-order valence-corrected chi connectivity index (χ4v) is 7.66. The van der Waals surface area contributed by atoms with Gasteiger partial charge in [0, 0.05) is 19.4 Å². The Kier molecular flexibility index (Phi) is 47.8. The Morgan fingerprint density at radius 1 is 0.351 bits per heavy atom. The Morgan fingerprint density at radius 3 is 0.947 bits per heavy atom. The van der Waals surface area contributed by atoms with Crippen LogP contribution >= 0.6 is 0 Å². The number of esters is 2. The average Bonchev–Trinajstić information content (AvgIpc) is 3.21. The predicted octanol–water partition coefficient (Wildman–Crippen LogP) is 17.1. The normalized spacial score (nSPS) is 12.1. The van der Waals surface area contributed by atoms with E-state index in [-0.39, 0.29) is 25.2 Å². The molecular formula is C52H100O5. The zero-order valence-corrected chi connectivity index (χ0v) is 38.9. The van der Waals surface area contributed by atoms with Crippen molar-refractivity contribution < 1.29 is 23.8 Å². The van der Waals surface area contributed by atoms with Crippen molar-refractivity contribution in [2.75, 3.05) is 19.8 Å². The molecule has 0 aliphatic carbocycles. The molecule has 0 aromatic heterocycles. The van der Waals surface area contributed by atoms with E-state index in [1.54, 1.807) is 0 Å². The third-order valence-corrected chi connectivity index (χ3v) is 11.6. The van der Waals surface area contributed by atoms with Crippen molar-refractivity contribution in [2.24, 2.45) is 0 Å². The van der Waals surface area contributed by atoms with Crippen LogP contribution in [0.15, 0.2) is 12.2 Å². The highest BCUT2D eigenvalue weighted by molar-refractivity contribution is 5.69. The molecule has 0 saturated heterocycles. The molecule has 0 saturated carbocycles. The lowest BCUT2D eigenvalue weighted by molar-refractivity contribution is -0.155. The number of carbonyl (C=O) groups is 2. The zero-order valence-electron chi connectivity index (χ0n) is 38.9. The van der Waals surface area contributed by atoms with Crippen LogP contribution < -0.4 is 0 Å². The molecule has 5 nitrogen and oxygen atoms in total. The molecule has 0 radical (unpaired) electrons. The summed E-state index contributed by atoms with van der Waals surface area (Å²) >= 11 is 0. The van der Waals surface area contributed by atoms with Gasteiger partial charge in [0.15, 0.2) is 0 Å². The van der Waals surface area contributed by atoms with Gasteiger partial charge < -0.3 is 14.2 Å². The molecule has 57 heavy (non-hydrogen) atoms. The molecule has 0 unspecified atom stereocenters. The van der Waals surface area contributed by atoms with Gasteiger partial charge in [-0.25, -0.2) is 0 Å². The first-order valence-corrected chi connectivity index (χ1v) is 25.7. The average molecular weight is 805 g/mol. The molecule has 0 aliphatic heterocycles. The van der Waals surface area contributed by atoms with Gasteiger partial charge in [-0.15, -0.1) is 0 Å². The van der Waals surface area contributed by atoms with Gasteiger partial charge >= 0.3 is 11.9 Å². The number of rotatable bonds is 48. The summed E-state index contributed by atoms with van der Waals surface area (Å²) in [4.78, 5) is 25.1. The van der Waals surface area contributed by atoms with Gasteiger partial charge in [0.2, 0.25) is 0 Å². The lowest BCUT2D eigenvalue weighted by Crippen LogP contribution is -2.29. The highest BCUT2D eigenvalue weighted by Gasteiger charge is 2.16. The van der Waals surface area contributed by atoms with Crippen molar-refractivity contribution >= 4 is 11.9 Å². The van der Waals surface area contributed by atoms with E-state index in [2.05, 4.69) is 32.9 Å². The fourth-order valence-electron chi connectivity index (χ4n) is 7.66. The van der Waals surface area contributed by atoms with Crippen LogP contribution in [0.3, 0.4) is 0 Å².